The highest BCUT2D eigenvalue weighted by Crippen LogP contribution is 2.30. The molecule has 0 bridgehead atoms. The van der Waals surface area contributed by atoms with E-state index in [1.54, 1.807) is 25.1 Å². The number of rotatable bonds is 3. The van der Waals surface area contributed by atoms with Gasteiger partial charge in [-0.1, -0.05) is 29.3 Å². The molecule has 1 N–H and O–H groups in total. The fourth-order valence-electron chi connectivity index (χ4n) is 2.51. The number of nitrogens with zero attached hydrogens (tertiary/aromatic N) is 1. The van der Waals surface area contributed by atoms with E-state index in [4.69, 9.17) is 23.2 Å². The first-order chi connectivity index (χ1) is 9.34. The van der Waals surface area contributed by atoms with E-state index in [0.29, 0.717) is 35.0 Å². The molecule has 2 rings (SSSR count). The molecule has 1 fully saturated rings. The fraction of sp³-hybridized carbons (Fsp3) is 0.429. The van der Waals surface area contributed by atoms with Gasteiger partial charge in [-0.05, 0) is 37.5 Å². The van der Waals surface area contributed by atoms with Crippen molar-refractivity contribution in [1.29, 1.82) is 0 Å². The van der Waals surface area contributed by atoms with E-state index in [2.05, 4.69) is 0 Å². The highest BCUT2D eigenvalue weighted by atomic mass is 35.5. The average molecular weight is 316 g/mol. The highest BCUT2D eigenvalue weighted by molar-refractivity contribution is 6.35. The van der Waals surface area contributed by atoms with E-state index in [1.807, 2.05) is 0 Å². The van der Waals surface area contributed by atoms with Crippen molar-refractivity contribution < 1.29 is 14.7 Å². The summed E-state index contributed by atoms with van der Waals surface area (Å²) in [6.07, 6.45) is 1.25. The predicted molar refractivity (Wildman–Crippen MR) is 77.2 cm³/mol. The van der Waals surface area contributed by atoms with Gasteiger partial charge < -0.3 is 10.0 Å². The Balaban J connectivity index is 2.18. The molecule has 108 valence electrons. The molecule has 6 heteroatoms. The van der Waals surface area contributed by atoms with Gasteiger partial charge in [0.05, 0.1) is 6.42 Å². The molecule has 1 aromatic rings. The summed E-state index contributed by atoms with van der Waals surface area (Å²) in [5.41, 5.74) is -0.462. The van der Waals surface area contributed by atoms with Crippen molar-refractivity contribution in [3.63, 3.8) is 0 Å². The number of hydrogen-bond donors (Lipinski definition) is 1. The molecule has 1 aromatic carbocycles. The Hall–Kier alpha value is -1.26. The number of carboxylic acid groups (broad SMARTS) is 1. The summed E-state index contributed by atoms with van der Waals surface area (Å²) in [5, 5.41) is 10.2. The molecular formula is C14H15Cl2NO3. The van der Waals surface area contributed by atoms with Gasteiger partial charge in [0.2, 0.25) is 5.91 Å². The van der Waals surface area contributed by atoms with Gasteiger partial charge in [0.15, 0.2) is 0 Å². The van der Waals surface area contributed by atoms with E-state index in [-0.39, 0.29) is 12.3 Å². The molecule has 1 atom stereocenters. The molecule has 1 heterocycles. The number of carbonyl (C=O) groups excluding carboxylic acids is 1. The Morgan fingerprint density at radius 2 is 2.10 bits per heavy atom. The number of likely N-dealkylation sites (tertiary alicyclic amines) is 1. The summed E-state index contributed by atoms with van der Waals surface area (Å²) in [4.78, 5) is 25.1. The molecule has 1 saturated heterocycles. The van der Waals surface area contributed by atoms with Gasteiger partial charge in [0.1, 0.15) is 5.54 Å². The Morgan fingerprint density at radius 3 is 2.70 bits per heavy atom. The maximum atomic E-state index is 12.3. The molecule has 0 radical (unpaired) electrons. The summed E-state index contributed by atoms with van der Waals surface area (Å²) >= 11 is 11.9. The van der Waals surface area contributed by atoms with E-state index in [9.17, 15) is 14.7 Å². The third kappa shape index (κ3) is 2.76. The van der Waals surface area contributed by atoms with Crippen LogP contribution in [0.4, 0.5) is 0 Å². The highest BCUT2D eigenvalue weighted by Gasteiger charge is 2.45. The van der Waals surface area contributed by atoms with Gasteiger partial charge >= 0.3 is 5.97 Å². The monoisotopic (exact) mass is 315 g/mol. The first-order valence-corrected chi connectivity index (χ1v) is 7.08. The van der Waals surface area contributed by atoms with Crippen molar-refractivity contribution in [2.75, 3.05) is 6.54 Å². The zero-order valence-electron chi connectivity index (χ0n) is 11.0. The zero-order chi connectivity index (χ0) is 14.9. The Morgan fingerprint density at radius 1 is 1.40 bits per heavy atom. The second-order valence-electron chi connectivity index (χ2n) is 5.14. The normalized spacial score (nSPS) is 22.1. The average Bonchev–Trinajstić information content (AvgIpc) is 2.76. The molecule has 4 nitrogen and oxygen atoms in total. The second-order valence-corrected chi connectivity index (χ2v) is 5.98. The molecule has 1 aliphatic rings. The third-order valence-electron chi connectivity index (χ3n) is 3.76. The molecule has 0 aromatic heterocycles. The zero-order valence-corrected chi connectivity index (χ0v) is 12.5. The topological polar surface area (TPSA) is 57.6 Å². The number of benzene rings is 1. The van der Waals surface area contributed by atoms with Gasteiger partial charge in [-0.15, -0.1) is 0 Å². The van der Waals surface area contributed by atoms with Crippen LogP contribution in [0.2, 0.25) is 10.0 Å². The van der Waals surface area contributed by atoms with Crippen LogP contribution in [0.3, 0.4) is 0 Å². The number of carbonyl (C=O) groups is 2. The Labute approximate surface area is 127 Å². The quantitative estimate of drug-likeness (QED) is 0.932. The van der Waals surface area contributed by atoms with Gasteiger partial charge in [0, 0.05) is 16.6 Å². The second kappa shape index (κ2) is 5.62. The molecule has 1 amide bonds. The molecule has 20 heavy (non-hydrogen) atoms. The van der Waals surface area contributed by atoms with Crippen molar-refractivity contribution in [3.05, 3.63) is 33.8 Å². The molecule has 1 unspecified atom stereocenters. The number of amides is 1. The summed E-state index contributed by atoms with van der Waals surface area (Å²) < 4.78 is 0. The maximum absolute atomic E-state index is 12.3. The summed E-state index contributed by atoms with van der Waals surface area (Å²) in [6, 6.07) is 4.93. The van der Waals surface area contributed by atoms with Crippen molar-refractivity contribution in [1.82, 2.24) is 4.90 Å². The lowest BCUT2D eigenvalue weighted by Crippen LogP contribution is -2.51. The van der Waals surface area contributed by atoms with E-state index < -0.39 is 11.5 Å². The van der Waals surface area contributed by atoms with Crippen LogP contribution >= 0.6 is 23.2 Å². The standard InChI is InChI=1S/C14H15Cl2NO3/c1-14(13(19)20)5-2-6-17(14)12(18)7-9-3-4-10(15)8-11(9)16/h3-4,8H,2,5-7H2,1H3,(H,19,20). The van der Waals surface area contributed by atoms with Crippen LogP contribution in [0.15, 0.2) is 18.2 Å². The van der Waals surface area contributed by atoms with Gasteiger partial charge in [-0.3, -0.25) is 4.79 Å². The third-order valence-corrected chi connectivity index (χ3v) is 4.35. The van der Waals surface area contributed by atoms with Crippen LogP contribution in [-0.4, -0.2) is 34.0 Å². The van der Waals surface area contributed by atoms with Crippen LogP contribution in [0.5, 0.6) is 0 Å². The lowest BCUT2D eigenvalue weighted by atomic mass is 9.98. The van der Waals surface area contributed by atoms with Crippen LogP contribution in [0, 0.1) is 0 Å². The van der Waals surface area contributed by atoms with E-state index >= 15 is 0 Å². The maximum Gasteiger partial charge on any atom is 0.329 e. The number of halogens is 2. The predicted octanol–water partition coefficient (Wildman–Crippen LogP) is 3.00. The summed E-state index contributed by atoms with van der Waals surface area (Å²) in [5.74, 6) is -1.19. The molecule has 0 spiro atoms. The van der Waals surface area contributed by atoms with Crippen molar-refractivity contribution in [2.24, 2.45) is 0 Å². The van der Waals surface area contributed by atoms with Crippen LogP contribution in [0.1, 0.15) is 25.3 Å². The molecule has 0 aliphatic carbocycles. The summed E-state index contributed by atoms with van der Waals surface area (Å²) in [6.45, 7) is 2.05. The number of carboxylic acids is 1. The van der Waals surface area contributed by atoms with E-state index in [1.165, 1.54) is 4.90 Å². The minimum Gasteiger partial charge on any atom is -0.480 e. The van der Waals surface area contributed by atoms with Crippen molar-refractivity contribution in [3.8, 4) is 0 Å². The Bertz CT molecular complexity index is 561. The smallest absolute Gasteiger partial charge is 0.329 e. The lowest BCUT2D eigenvalue weighted by Gasteiger charge is -2.31. The summed E-state index contributed by atoms with van der Waals surface area (Å²) in [7, 11) is 0. The van der Waals surface area contributed by atoms with Crippen LogP contribution in [-0.2, 0) is 16.0 Å². The number of hydrogen-bond acceptors (Lipinski definition) is 2. The molecule has 0 saturated carbocycles. The first-order valence-electron chi connectivity index (χ1n) is 6.32. The van der Waals surface area contributed by atoms with E-state index in [0.717, 1.165) is 0 Å². The molecular weight excluding hydrogens is 301 g/mol. The van der Waals surface area contributed by atoms with Crippen LogP contribution < -0.4 is 0 Å². The largest absolute Gasteiger partial charge is 0.480 e. The Kier molecular flexibility index (Phi) is 4.25. The minimum absolute atomic E-state index is 0.0822. The van der Waals surface area contributed by atoms with Gasteiger partial charge in [-0.25, -0.2) is 4.79 Å². The fourth-order valence-corrected chi connectivity index (χ4v) is 2.98. The number of aliphatic carboxylic acids is 1. The van der Waals surface area contributed by atoms with Crippen molar-refractivity contribution in [2.45, 2.75) is 31.7 Å². The lowest BCUT2D eigenvalue weighted by molar-refractivity contribution is -0.155. The van der Waals surface area contributed by atoms with Gasteiger partial charge in [0.25, 0.3) is 0 Å². The van der Waals surface area contributed by atoms with Gasteiger partial charge in [-0.2, -0.15) is 0 Å². The molecule has 1 aliphatic heterocycles. The minimum atomic E-state index is -1.12. The van der Waals surface area contributed by atoms with Crippen molar-refractivity contribution >= 4 is 35.1 Å². The SMILES string of the molecule is CC1(C(=O)O)CCCN1C(=O)Cc1ccc(Cl)cc1Cl. The first kappa shape index (κ1) is 15.1. The van der Waals surface area contributed by atoms with Crippen LogP contribution in [0.25, 0.3) is 0 Å².